The highest BCUT2D eigenvalue weighted by atomic mass is 35.5. The molecule has 178 valence electrons. The number of pyridine rings is 2. The van der Waals surface area contributed by atoms with Crippen LogP contribution < -0.4 is 10.1 Å². The minimum atomic E-state index is 0.231. The van der Waals surface area contributed by atoms with E-state index in [0.717, 1.165) is 16.6 Å². The Morgan fingerprint density at radius 2 is 1.61 bits per heavy atom. The Morgan fingerprint density at radius 3 is 2.39 bits per heavy atom. The predicted octanol–water partition coefficient (Wildman–Crippen LogP) is 6.93. The molecule has 3 aromatic heterocycles. The molecule has 0 fully saturated rings. The van der Waals surface area contributed by atoms with Gasteiger partial charge in [0, 0.05) is 22.9 Å². The standard InChI is InChI=1S/C27H19Cl2N5O2/c1-15-31-22-10-5-13-30-25(22)26(32-15)33-21-9-4-7-18(24(21)29)17-6-3-8-19(23(17)28)20-12-11-16(14-35)27(34-20)36-2/h3-14H,1-2H3,(H,31,32,33). The smallest absolute Gasteiger partial charge is 0.224 e. The summed E-state index contributed by atoms with van der Waals surface area (Å²) in [5.41, 5.74) is 5.10. The Morgan fingerprint density at radius 1 is 0.861 bits per heavy atom. The first-order valence-corrected chi connectivity index (χ1v) is 11.7. The van der Waals surface area contributed by atoms with Crippen molar-refractivity contribution < 1.29 is 9.53 Å². The van der Waals surface area contributed by atoms with E-state index in [1.165, 1.54) is 7.11 Å². The Labute approximate surface area is 217 Å². The van der Waals surface area contributed by atoms with Crippen molar-refractivity contribution in [1.82, 2.24) is 19.9 Å². The molecule has 36 heavy (non-hydrogen) atoms. The fourth-order valence-electron chi connectivity index (χ4n) is 3.93. The molecule has 9 heteroatoms. The lowest BCUT2D eigenvalue weighted by Crippen LogP contribution is -2.01. The van der Waals surface area contributed by atoms with Gasteiger partial charge in [-0.05, 0) is 37.3 Å². The SMILES string of the molecule is COc1nc(-c2cccc(-c3cccc(Nc4nc(C)nc5cccnc45)c3Cl)c2Cl)ccc1C=O. The van der Waals surface area contributed by atoms with E-state index in [2.05, 4.69) is 25.3 Å². The van der Waals surface area contributed by atoms with Crippen LogP contribution in [0.15, 0.2) is 66.9 Å². The third-order valence-corrected chi connectivity index (χ3v) is 6.41. The van der Waals surface area contributed by atoms with Crippen LogP contribution in [0.1, 0.15) is 16.2 Å². The van der Waals surface area contributed by atoms with Gasteiger partial charge in [-0.1, -0.05) is 53.5 Å². The number of nitrogens with zero attached hydrogens (tertiary/aromatic N) is 4. The molecule has 0 aliphatic carbocycles. The molecule has 0 spiro atoms. The minimum absolute atomic E-state index is 0.231. The van der Waals surface area contributed by atoms with Crippen LogP contribution in [-0.2, 0) is 0 Å². The van der Waals surface area contributed by atoms with Gasteiger partial charge in [-0.3, -0.25) is 9.78 Å². The monoisotopic (exact) mass is 515 g/mol. The maximum Gasteiger partial charge on any atom is 0.224 e. The van der Waals surface area contributed by atoms with E-state index in [0.29, 0.717) is 56.0 Å². The topological polar surface area (TPSA) is 89.9 Å². The molecule has 0 aliphatic heterocycles. The number of ether oxygens (including phenoxy) is 1. The van der Waals surface area contributed by atoms with E-state index in [9.17, 15) is 4.79 Å². The Kier molecular flexibility index (Phi) is 6.50. The fourth-order valence-corrected chi connectivity index (χ4v) is 4.53. The van der Waals surface area contributed by atoms with Crippen molar-refractivity contribution >= 4 is 52.0 Å². The number of hydrogen-bond donors (Lipinski definition) is 1. The second kappa shape index (κ2) is 9.89. The third kappa shape index (κ3) is 4.34. The fraction of sp³-hybridized carbons (Fsp3) is 0.0741. The van der Waals surface area contributed by atoms with Crippen molar-refractivity contribution in [2.45, 2.75) is 6.92 Å². The number of anilines is 2. The molecule has 0 saturated heterocycles. The number of nitrogens with one attached hydrogen (secondary N) is 1. The van der Waals surface area contributed by atoms with Crippen LogP contribution in [0, 0.1) is 6.92 Å². The van der Waals surface area contributed by atoms with Crippen molar-refractivity contribution in [3.63, 3.8) is 0 Å². The number of rotatable bonds is 6. The van der Waals surface area contributed by atoms with Crippen LogP contribution >= 0.6 is 23.2 Å². The van der Waals surface area contributed by atoms with Gasteiger partial charge in [0.05, 0.1) is 39.6 Å². The van der Waals surface area contributed by atoms with Crippen molar-refractivity contribution in [3.05, 3.63) is 88.3 Å². The molecule has 1 N–H and O–H groups in total. The summed E-state index contributed by atoms with van der Waals surface area (Å²) in [6.07, 6.45) is 2.39. The van der Waals surface area contributed by atoms with Crippen molar-refractivity contribution in [1.29, 1.82) is 0 Å². The summed E-state index contributed by atoms with van der Waals surface area (Å²) >= 11 is 13.8. The van der Waals surface area contributed by atoms with Crippen LogP contribution in [-0.4, -0.2) is 33.3 Å². The number of fused-ring (bicyclic) bond motifs is 1. The summed E-state index contributed by atoms with van der Waals surface area (Å²) < 4.78 is 5.25. The summed E-state index contributed by atoms with van der Waals surface area (Å²) in [6, 6.07) is 18.4. The minimum Gasteiger partial charge on any atom is -0.480 e. The summed E-state index contributed by atoms with van der Waals surface area (Å²) in [4.78, 5) is 29.1. The zero-order valence-corrected chi connectivity index (χ0v) is 20.8. The van der Waals surface area contributed by atoms with Crippen LogP contribution in [0.2, 0.25) is 10.0 Å². The molecule has 0 atom stereocenters. The zero-order valence-electron chi connectivity index (χ0n) is 19.3. The van der Waals surface area contributed by atoms with Gasteiger partial charge in [0.1, 0.15) is 11.3 Å². The number of aldehydes is 1. The summed E-state index contributed by atoms with van der Waals surface area (Å²) in [7, 11) is 1.47. The molecule has 3 heterocycles. The van der Waals surface area contributed by atoms with E-state index in [4.69, 9.17) is 27.9 Å². The summed E-state index contributed by atoms with van der Waals surface area (Å²) in [5.74, 6) is 1.40. The predicted molar refractivity (Wildman–Crippen MR) is 142 cm³/mol. The first-order valence-electron chi connectivity index (χ1n) is 10.9. The van der Waals surface area contributed by atoms with Crippen LogP contribution in [0.3, 0.4) is 0 Å². The van der Waals surface area contributed by atoms with Crippen LogP contribution in [0.4, 0.5) is 11.5 Å². The van der Waals surface area contributed by atoms with Gasteiger partial charge in [-0.15, -0.1) is 0 Å². The average molecular weight is 516 g/mol. The number of halogens is 2. The van der Waals surface area contributed by atoms with Gasteiger partial charge in [0.25, 0.3) is 0 Å². The lowest BCUT2D eigenvalue weighted by molar-refractivity contribution is 0.112. The second-order valence-corrected chi connectivity index (χ2v) is 8.62. The number of hydrogen-bond acceptors (Lipinski definition) is 7. The van der Waals surface area contributed by atoms with E-state index >= 15 is 0 Å². The van der Waals surface area contributed by atoms with E-state index in [1.807, 2.05) is 55.5 Å². The molecule has 0 aliphatic rings. The number of carbonyl (C=O) groups excluding carboxylic acids is 1. The first kappa shape index (κ1) is 23.7. The molecule has 0 amide bonds. The zero-order chi connectivity index (χ0) is 25.2. The number of aromatic nitrogens is 4. The average Bonchev–Trinajstić information content (AvgIpc) is 2.89. The molecule has 2 aromatic carbocycles. The Bertz CT molecular complexity index is 1620. The van der Waals surface area contributed by atoms with Gasteiger partial charge < -0.3 is 10.1 Å². The molecule has 0 bridgehead atoms. The summed E-state index contributed by atoms with van der Waals surface area (Å²) in [5, 5.41) is 4.25. The molecule has 0 unspecified atom stereocenters. The quantitative estimate of drug-likeness (QED) is 0.245. The second-order valence-electron chi connectivity index (χ2n) is 7.86. The molecular formula is C27H19Cl2N5O2. The van der Waals surface area contributed by atoms with Crippen molar-refractivity contribution in [3.8, 4) is 28.3 Å². The molecule has 0 saturated carbocycles. The van der Waals surface area contributed by atoms with Crippen molar-refractivity contribution in [2.75, 3.05) is 12.4 Å². The lowest BCUT2D eigenvalue weighted by Gasteiger charge is -2.15. The number of aryl methyl sites for hydroxylation is 1. The number of carbonyl (C=O) groups is 1. The molecule has 7 nitrogen and oxygen atoms in total. The third-order valence-electron chi connectivity index (χ3n) is 5.59. The highest BCUT2D eigenvalue weighted by Gasteiger charge is 2.17. The van der Waals surface area contributed by atoms with Gasteiger partial charge in [0.15, 0.2) is 12.1 Å². The van der Waals surface area contributed by atoms with Gasteiger partial charge in [0.2, 0.25) is 5.88 Å². The normalized spacial score (nSPS) is 10.9. The van der Waals surface area contributed by atoms with Crippen molar-refractivity contribution in [2.24, 2.45) is 0 Å². The van der Waals surface area contributed by atoms with Crippen LogP contribution in [0.5, 0.6) is 5.88 Å². The van der Waals surface area contributed by atoms with Gasteiger partial charge in [-0.25, -0.2) is 15.0 Å². The highest BCUT2D eigenvalue weighted by molar-refractivity contribution is 6.39. The summed E-state index contributed by atoms with van der Waals surface area (Å²) in [6.45, 7) is 1.82. The highest BCUT2D eigenvalue weighted by Crippen LogP contribution is 2.42. The van der Waals surface area contributed by atoms with Crippen LogP contribution in [0.25, 0.3) is 33.4 Å². The number of methoxy groups -OCH3 is 1. The van der Waals surface area contributed by atoms with E-state index in [-0.39, 0.29) is 5.88 Å². The van der Waals surface area contributed by atoms with E-state index < -0.39 is 0 Å². The first-order chi connectivity index (χ1) is 17.5. The largest absolute Gasteiger partial charge is 0.480 e. The Balaban J connectivity index is 1.58. The molecule has 0 radical (unpaired) electrons. The maximum atomic E-state index is 11.3. The maximum absolute atomic E-state index is 11.3. The van der Waals surface area contributed by atoms with Gasteiger partial charge >= 0.3 is 0 Å². The molecule has 5 aromatic rings. The Hall–Kier alpha value is -4.07. The van der Waals surface area contributed by atoms with Gasteiger partial charge in [-0.2, -0.15) is 0 Å². The molecular weight excluding hydrogens is 497 g/mol. The van der Waals surface area contributed by atoms with E-state index in [1.54, 1.807) is 18.3 Å². The number of benzene rings is 2. The molecule has 5 rings (SSSR count). The lowest BCUT2D eigenvalue weighted by atomic mass is 10.00.